The third-order valence-corrected chi connectivity index (χ3v) is 8.15. The van der Waals surface area contributed by atoms with Crippen LogP contribution in [0.1, 0.15) is 42.9 Å². The first-order valence-electron chi connectivity index (χ1n) is 14.9. The Morgan fingerprint density at radius 2 is 1.43 bits per heavy atom. The van der Waals surface area contributed by atoms with Crippen LogP contribution in [0.2, 0.25) is 0 Å². The molecular formula is C34H38F7N3O3. The van der Waals surface area contributed by atoms with E-state index in [4.69, 9.17) is 16.2 Å². The molecule has 6 nitrogen and oxygen atoms in total. The summed E-state index contributed by atoms with van der Waals surface area (Å²) in [5, 5.41) is 1.08. The first kappa shape index (κ1) is 37.5. The van der Waals surface area contributed by atoms with Gasteiger partial charge in [-0.15, -0.1) is 0 Å². The number of Topliss-reactive ketones (excluding diaryl/α,β-unsaturated/α-hetero) is 1. The first-order chi connectivity index (χ1) is 21.9. The van der Waals surface area contributed by atoms with Gasteiger partial charge in [0.05, 0.1) is 7.11 Å². The minimum Gasteiger partial charge on any atom is -0.497 e. The van der Waals surface area contributed by atoms with Gasteiger partial charge in [0.1, 0.15) is 23.9 Å². The van der Waals surface area contributed by atoms with Crippen molar-refractivity contribution < 1.29 is 45.1 Å². The number of amides is 1. The van der Waals surface area contributed by atoms with Gasteiger partial charge in [0.25, 0.3) is 5.91 Å². The maximum atomic E-state index is 15.1. The molecule has 5 N–H and O–H groups in total. The maximum Gasteiger partial charge on any atom is 0.405 e. The molecule has 3 rings (SSSR count). The molecule has 3 unspecified atom stereocenters. The lowest BCUT2D eigenvalue weighted by atomic mass is 9.71. The van der Waals surface area contributed by atoms with Crippen LogP contribution in [0.5, 0.6) is 5.75 Å². The molecule has 3 aromatic rings. The predicted molar refractivity (Wildman–Crippen MR) is 163 cm³/mol. The third kappa shape index (κ3) is 10.0. The summed E-state index contributed by atoms with van der Waals surface area (Å²) in [6.07, 6.45) is -4.92. The van der Waals surface area contributed by atoms with E-state index in [0.717, 1.165) is 17.4 Å². The SMILES string of the molecule is COc1ccc(C(CC(N)[C@H](Cc2ccccc2)C(N)[C@@H](C(=O)C(F)(F)C(=O)NCC(F)(F)F)C(C)C)c2cc(F)cc(F)c2)cc1. The lowest BCUT2D eigenvalue weighted by Crippen LogP contribution is -2.57. The molecule has 0 radical (unpaired) electrons. The summed E-state index contributed by atoms with van der Waals surface area (Å²) in [4.78, 5) is 25.4. The van der Waals surface area contributed by atoms with Gasteiger partial charge in [-0.25, -0.2) is 8.78 Å². The molecule has 0 spiro atoms. The second kappa shape index (κ2) is 15.7. The zero-order valence-corrected chi connectivity index (χ0v) is 26.0. The Kier molecular flexibility index (Phi) is 12.6. The summed E-state index contributed by atoms with van der Waals surface area (Å²) >= 11 is 0. The summed E-state index contributed by atoms with van der Waals surface area (Å²) in [6.45, 7) is 0.794. The Morgan fingerprint density at radius 1 is 0.851 bits per heavy atom. The highest BCUT2D eigenvalue weighted by atomic mass is 19.4. The van der Waals surface area contributed by atoms with Gasteiger partial charge in [0.2, 0.25) is 5.78 Å². The van der Waals surface area contributed by atoms with Crippen LogP contribution >= 0.6 is 0 Å². The Labute approximate surface area is 268 Å². The van der Waals surface area contributed by atoms with Gasteiger partial charge in [-0.05, 0) is 65.6 Å². The molecule has 0 fully saturated rings. The quantitative estimate of drug-likeness (QED) is 0.133. The lowest BCUT2D eigenvalue weighted by Gasteiger charge is -2.38. The van der Waals surface area contributed by atoms with E-state index in [2.05, 4.69) is 0 Å². The molecule has 0 aliphatic rings. The minimum absolute atomic E-state index is 0.0120. The van der Waals surface area contributed by atoms with Gasteiger partial charge in [-0.2, -0.15) is 22.0 Å². The molecular weight excluding hydrogens is 631 g/mol. The van der Waals surface area contributed by atoms with Crippen molar-refractivity contribution in [3.63, 3.8) is 0 Å². The molecule has 0 aliphatic heterocycles. The van der Waals surface area contributed by atoms with Crippen molar-refractivity contribution in [2.24, 2.45) is 29.2 Å². The topological polar surface area (TPSA) is 107 Å². The number of carbonyl (C=O) groups excluding carboxylic acids is 2. The number of methoxy groups -OCH3 is 1. The molecule has 1 amide bonds. The Bertz CT molecular complexity index is 1460. The standard InChI is InChI=1S/C34H38F7N3O3/c1-19(2)29(31(45)34(40,41)32(46)44-18-33(37,38)39)30(43)27(13-20-7-5-4-6-8-20)28(42)17-26(21-9-11-25(47-3)12-10-21)22-14-23(35)16-24(36)15-22/h4-12,14-16,19,26-30H,13,17-18,42-43H2,1-3H3,(H,44,46)/t26?,27-,28?,29-,30?/m0/s1. The van der Waals surface area contributed by atoms with E-state index in [1.165, 1.54) is 21.0 Å². The lowest BCUT2D eigenvalue weighted by molar-refractivity contribution is -0.167. The zero-order valence-electron chi connectivity index (χ0n) is 26.0. The highest BCUT2D eigenvalue weighted by molar-refractivity contribution is 6.08. The number of nitrogens with two attached hydrogens (primary N) is 2. The number of halogens is 7. The molecule has 0 aliphatic carbocycles. The molecule has 3 aromatic carbocycles. The van der Waals surface area contributed by atoms with Gasteiger partial charge in [-0.1, -0.05) is 56.3 Å². The van der Waals surface area contributed by atoms with E-state index in [-0.39, 0.29) is 18.4 Å². The number of carbonyl (C=O) groups is 2. The summed E-state index contributed by atoms with van der Waals surface area (Å²) in [7, 11) is 1.47. The van der Waals surface area contributed by atoms with Crippen LogP contribution in [0, 0.1) is 29.4 Å². The molecule has 256 valence electrons. The predicted octanol–water partition coefficient (Wildman–Crippen LogP) is 6.16. The van der Waals surface area contributed by atoms with E-state index >= 15 is 8.78 Å². The Balaban J connectivity index is 2.04. The molecule has 13 heteroatoms. The van der Waals surface area contributed by atoms with Gasteiger partial charge >= 0.3 is 12.1 Å². The number of hydrogen-bond acceptors (Lipinski definition) is 5. The zero-order chi connectivity index (χ0) is 35.1. The van der Waals surface area contributed by atoms with Crippen LogP contribution in [-0.4, -0.2) is 49.5 Å². The monoisotopic (exact) mass is 669 g/mol. The maximum absolute atomic E-state index is 15.1. The van der Waals surface area contributed by atoms with Crippen LogP contribution in [0.3, 0.4) is 0 Å². The molecule has 0 saturated heterocycles. The molecule has 0 aromatic heterocycles. The van der Waals surface area contributed by atoms with Crippen molar-refractivity contribution in [3.8, 4) is 5.75 Å². The molecule has 0 heterocycles. The van der Waals surface area contributed by atoms with Crippen molar-refractivity contribution in [2.75, 3.05) is 13.7 Å². The summed E-state index contributed by atoms with van der Waals surface area (Å²) in [5.74, 6) is -14.6. The number of ether oxygens (including phenoxy) is 1. The summed E-state index contributed by atoms with van der Waals surface area (Å²) < 4.78 is 102. The van der Waals surface area contributed by atoms with Gasteiger partial charge in [0.15, 0.2) is 0 Å². The van der Waals surface area contributed by atoms with Crippen LogP contribution in [-0.2, 0) is 16.0 Å². The van der Waals surface area contributed by atoms with E-state index < -0.39 is 77.7 Å². The van der Waals surface area contributed by atoms with Crippen LogP contribution in [0.15, 0.2) is 72.8 Å². The average Bonchev–Trinajstić information content (AvgIpc) is 3.00. The van der Waals surface area contributed by atoms with E-state index in [1.807, 2.05) is 0 Å². The van der Waals surface area contributed by atoms with E-state index in [0.29, 0.717) is 22.9 Å². The average molecular weight is 670 g/mol. The smallest absolute Gasteiger partial charge is 0.405 e. The van der Waals surface area contributed by atoms with Gasteiger partial charge < -0.3 is 21.5 Å². The Hall–Kier alpha value is -3.97. The number of ketones is 1. The van der Waals surface area contributed by atoms with Gasteiger partial charge in [0, 0.05) is 30.0 Å². The molecule has 0 saturated carbocycles. The van der Waals surface area contributed by atoms with Crippen LogP contribution in [0.25, 0.3) is 0 Å². The summed E-state index contributed by atoms with van der Waals surface area (Å²) in [5.41, 5.74) is 14.9. The van der Waals surface area contributed by atoms with Crippen molar-refractivity contribution in [3.05, 3.63) is 101 Å². The number of rotatable bonds is 15. The third-order valence-electron chi connectivity index (χ3n) is 8.15. The number of benzene rings is 3. The largest absolute Gasteiger partial charge is 0.497 e. The number of alkyl halides is 5. The van der Waals surface area contributed by atoms with E-state index in [1.54, 1.807) is 54.6 Å². The second-order valence-electron chi connectivity index (χ2n) is 11.9. The van der Waals surface area contributed by atoms with Crippen LogP contribution in [0.4, 0.5) is 30.7 Å². The van der Waals surface area contributed by atoms with Crippen molar-refractivity contribution in [1.82, 2.24) is 5.32 Å². The van der Waals surface area contributed by atoms with Crippen molar-refractivity contribution in [2.45, 2.75) is 56.8 Å². The second-order valence-corrected chi connectivity index (χ2v) is 11.9. The van der Waals surface area contributed by atoms with Crippen molar-refractivity contribution >= 4 is 11.7 Å². The highest BCUT2D eigenvalue weighted by Crippen LogP contribution is 2.36. The van der Waals surface area contributed by atoms with Crippen molar-refractivity contribution in [1.29, 1.82) is 0 Å². The normalized spacial score (nSPS) is 15.4. The molecule has 5 atom stereocenters. The van der Waals surface area contributed by atoms with Gasteiger partial charge in [-0.3, -0.25) is 9.59 Å². The summed E-state index contributed by atoms with van der Waals surface area (Å²) in [6, 6.07) is 16.0. The van der Waals surface area contributed by atoms with E-state index in [9.17, 15) is 31.5 Å². The Morgan fingerprint density at radius 3 is 1.94 bits per heavy atom. The number of nitrogens with one attached hydrogen (secondary N) is 1. The van der Waals surface area contributed by atoms with Crippen LogP contribution < -0.4 is 21.5 Å². The number of hydrogen-bond donors (Lipinski definition) is 3. The fraction of sp³-hybridized carbons (Fsp3) is 0.412. The minimum atomic E-state index is -4.98. The molecule has 0 bridgehead atoms. The fourth-order valence-electron chi connectivity index (χ4n) is 5.78. The highest BCUT2D eigenvalue weighted by Gasteiger charge is 2.53. The first-order valence-corrected chi connectivity index (χ1v) is 14.9. The fourth-order valence-corrected chi connectivity index (χ4v) is 5.78. The molecule has 47 heavy (non-hydrogen) atoms.